The van der Waals surface area contributed by atoms with Crippen molar-refractivity contribution < 1.29 is 4.65 Å². The maximum absolute atomic E-state index is 6.45. The van der Waals surface area contributed by atoms with Crippen LogP contribution in [-0.4, -0.2) is 17.5 Å². The lowest BCUT2D eigenvalue weighted by atomic mass is 9.53. The molecular weight excluding hydrogens is 293 g/mol. The number of fused-ring (bicyclic) bond motifs is 1. The van der Waals surface area contributed by atoms with Crippen molar-refractivity contribution in [3.63, 3.8) is 0 Å². The number of aromatic nitrogens is 1. The van der Waals surface area contributed by atoms with Crippen LogP contribution < -0.4 is 5.46 Å². The third-order valence-corrected chi connectivity index (χ3v) is 5.99. The predicted octanol–water partition coefficient (Wildman–Crippen LogP) is 5.00. The first-order valence-electron chi connectivity index (χ1n) is 8.92. The number of rotatable bonds is 3. The van der Waals surface area contributed by atoms with Gasteiger partial charge in [-0.2, -0.15) is 0 Å². The van der Waals surface area contributed by atoms with Crippen LogP contribution in [0.1, 0.15) is 52.3 Å². The topological polar surface area (TPSA) is 22.1 Å². The molecule has 2 heterocycles. The zero-order valence-corrected chi connectivity index (χ0v) is 15.9. The Kier molecular flexibility index (Phi) is 4.12. The second-order valence-electron chi connectivity index (χ2n) is 8.23. The number of hydrogen-bond acceptors (Lipinski definition) is 2. The van der Waals surface area contributed by atoms with Crippen molar-refractivity contribution in [2.45, 2.75) is 59.9 Å². The Morgan fingerprint density at radius 3 is 2.50 bits per heavy atom. The van der Waals surface area contributed by atoms with Crippen molar-refractivity contribution in [2.75, 3.05) is 0 Å². The van der Waals surface area contributed by atoms with E-state index in [-0.39, 0.29) is 17.9 Å². The molecule has 1 aromatic heterocycles. The van der Waals surface area contributed by atoms with E-state index >= 15 is 0 Å². The lowest BCUT2D eigenvalue weighted by Crippen LogP contribution is -2.36. The van der Waals surface area contributed by atoms with Crippen LogP contribution >= 0.6 is 0 Å². The molecule has 1 saturated heterocycles. The Hall–Kier alpha value is -1.61. The molecule has 126 valence electrons. The summed E-state index contributed by atoms with van der Waals surface area (Å²) in [5, 5.41) is 1.21. The highest BCUT2D eigenvalue weighted by Gasteiger charge is 2.50. The quantitative estimate of drug-likeness (QED) is 0.742. The minimum absolute atomic E-state index is 0.125. The molecule has 1 aliphatic heterocycles. The van der Waals surface area contributed by atoms with E-state index in [9.17, 15) is 0 Å². The molecule has 24 heavy (non-hydrogen) atoms. The van der Waals surface area contributed by atoms with E-state index < -0.39 is 0 Å². The molecule has 1 aliphatic rings. The van der Waals surface area contributed by atoms with Gasteiger partial charge in [-0.25, -0.2) is 4.98 Å². The van der Waals surface area contributed by atoms with Crippen LogP contribution in [0.3, 0.4) is 0 Å². The average molecular weight is 321 g/mol. The van der Waals surface area contributed by atoms with Gasteiger partial charge < -0.3 is 4.65 Å². The third-order valence-electron chi connectivity index (χ3n) is 5.99. The summed E-state index contributed by atoms with van der Waals surface area (Å²) < 4.78 is 6.45. The fraction of sp³-hybridized carbons (Fsp3) is 0.476. The molecule has 0 N–H and O–H groups in total. The Bertz CT molecular complexity index is 791. The van der Waals surface area contributed by atoms with Gasteiger partial charge in [0, 0.05) is 0 Å². The van der Waals surface area contributed by atoms with Gasteiger partial charge in [0.2, 0.25) is 0 Å². The summed E-state index contributed by atoms with van der Waals surface area (Å²) in [7, 11) is 0. The number of nitrogens with zero attached hydrogens (tertiary/aromatic N) is 1. The van der Waals surface area contributed by atoms with Crippen molar-refractivity contribution in [3.05, 3.63) is 42.1 Å². The second kappa shape index (κ2) is 5.73. The molecule has 0 atom stereocenters. The van der Waals surface area contributed by atoms with E-state index in [2.05, 4.69) is 72.4 Å². The smallest absolute Gasteiger partial charge is 0.328 e. The summed E-state index contributed by atoms with van der Waals surface area (Å²) in [4.78, 5) is 4.90. The van der Waals surface area contributed by atoms with Crippen LogP contribution in [0.15, 0.2) is 30.8 Å². The summed E-state index contributed by atoms with van der Waals surface area (Å²) in [6, 6.07) is 8.69. The molecule has 0 spiro atoms. The predicted molar refractivity (Wildman–Crippen MR) is 105 cm³/mol. The molecule has 2 nitrogen and oxygen atoms in total. The van der Waals surface area contributed by atoms with Crippen LogP contribution in [0, 0.1) is 12.3 Å². The molecular formula is C21H28BNO. The van der Waals surface area contributed by atoms with Crippen molar-refractivity contribution in [1.82, 2.24) is 4.98 Å². The maximum atomic E-state index is 6.45. The lowest BCUT2D eigenvalue weighted by molar-refractivity contribution is 0.0376. The Morgan fingerprint density at radius 1 is 1.21 bits per heavy atom. The minimum atomic E-state index is -0.126. The molecule has 0 amide bonds. The molecule has 3 rings (SSSR count). The van der Waals surface area contributed by atoms with Crippen molar-refractivity contribution in [2.24, 2.45) is 5.41 Å². The first-order valence-corrected chi connectivity index (χ1v) is 8.92. The monoisotopic (exact) mass is 321 g/mol. The Morgan fingerprint density at radius 2 is 1.92 bits per heavy atom. The standard InChI is InChI=1S/C21H28BNO/c1-8-14(2)18-12-10-16-17(11-9-15(3)19(16)23-18)22-13-20(4,5)21(6,7)24-22/h9-12H,2,8,13H2,1,3-7H3. The first kappa shape index (κ1) is 17.2. The average Bonchev–Trinajstić information content (AvgIpc) is 2.74. The molecule has 0 bridgehead atoms. The van der Waals surface area contributed by atoms with Gasteiger partial charge in [0.1, 0.15) is 0 Å². The van der Waals surface area contributed by atoms with Gasteiger partial charge in [-0.1, -0.05) is 45.5 Å². The molecule has 0 saturated carbocycles. The van der Waals surface area contributed by atoms with E-state index in [1.165, 1.54) is 16.4 Å². The molecule has 0 radical (unpaired) electrons. The number of allylic oxidation sites excluding steroid dienone is 1. The van der Waals surface area contributed by atoms with E-state index in [1.807, 2.05) is 0 Å². The van der Waals surface area contributed by atoms with Crippen LogP contribution in [0.5, 0.6) is 0 Å². The van der Waals surface area contributed by atoms with Crippen molar-refractivity contribution in [1.29, 1.82) is 0 Å². The number of aryl methyl sites for hydroxylation is 1. The number of hydrogen-bond donors (Lipinski definition) is 0. The minimum Gasteiger partial charge on any atom is -0.426 e. The van der Waals surface area contributed by atoms with Gasteiger partial charge in [0.25, 0.3) is 0 Å². The largest absolute Gasteiger partial charge is 0.426 e. The molecule has 3 heteroatoms. The van der Waals surface area contributed by atoms with Gasteiger partial charge >= 0.3 is 6.92 Å². The maximum Gasteiger partial charge on any atom is 0.328 e. The van der Waals surface area contributed by atoms with Crippen LogP contribution in [0.4, 0.5) is 0 Å². The van der Waals surface area contributed by atoms with E-state index in [4.69, 9.17) is 9.64 Å². The molecule has 0 unspecified atom stereocenters. The third kappa shape index (κ3) is 2.69. The Labute approximate surface area is 146 Å². The zero-order valence-electron chi connectivity index (χ0n) is 15.9. The highest BCUT2D eigenvalue weighted by atomic mass is 16.5. The first-order chi connectivity index (χ1) is 11.2. The van der Waals surface area contributed by atoms with Crippen molar-refractivity contribution in [3.8, 4) is 0 Å². The van der Waals surface area contributed by atoms with Gasteiger partial charge in [0.05, 0.1) is 16.8 Å². The van der Waals surface area contributed by atoms with Gasteiger partial charge in [0.15, 0.2) is 0 Å². The number of benzene rings is 1. The molecule has 2 aromatic rings. The highest BCUT2D eigenvalue weighted by Crippen LogP contribution is 2.45. The van der Waals surface area contributed by atoms with Crippen LogP contribution in [0.2, 0.25) is 6.32 Å². The summed E-state index contributed by atoms with van der Waals surface area (Å²) in [5.41, 5.74) is 5.65. The van der Waals surface area contributed by atoms with Gasteiger partial charge in [-0.05, 0) is 67.0 Å². The van der Waals surface area contributed by atoms with Crippen LogP contribution in [-0.2, 0) is 4.65 Å². The summed E-state index contributed by atoms with van der Waals surface area (Å²) in [5.74, 6) is 0. The fourth-order valence-electron chi connectivity index (χ4n) is 3.47. The lowest BCUT2D eigenvalue weighted by Gasteiger charge is -2.34. The Balaban J connectivity index is 2.11. The molecule has 0 aliphatic carbocycles. The molecule has 1 aromatic carbocycles. The van der Waals surface area contributed by atoms with Gasteiger partial charge in [-0.3, -0.25) is 0 Å². The van der Waals surface area contributed by atoms with E-state index in [0.717, 1.165) is 29.5 Å². The molecule has 1 fully saturated rings. The van der Waals surface area contributed by atoms with Gasteiger partial charge in [-0.15, -0.1) is 0 Å². The van der Waals surface area contributed by atoms with Crippen molar-refractivity contribution >= 4 is 28.9 Å². The van der Waals surface area contributed by atoms with E-state index in [0.29, 0.717) is 0 Å². The number of pyridine rings is 1. The zero-order chi connectivity index (χ0) is 17.7. The SMILES string of the molecule is C=C(CC)c1ccc2c(B3CC(C)(C)C(C)(C)O3)ccc(C)c2n1. The highest BCUT2D eigenvalue weighted by molar-refractivity contribution is 6.70. The second-order valence-corrected chi connectivity index (χ2v) is 8.23. The summed E-state index contributed by atoms with van der Waals surface area (Å²) >= 11 is 0. The fourth-order valence-corrected chi connectivity index (χ4v) is 3.47. The van der Waals surface area contributed by atoms with Crippen LogP contribution in [0.25, 0.3) is 16.5 Å². The van der Waals surface area contributed by atoms with E-state index in [1.54, 1.807) is 0 Å². The summed E-state index contributed by atoms with van der Waals surface area (Å²) in [6.45, 7) is 17.5. The summed E-state index contributed by atoms with van der Waals surface area (Å²) in [6.07, 6.45) is 1.95. The normalized spacial score (nSPS) is 19.0.